The molecule has 0 saturated carbocycles. The number of benzene rings is 1. The third kappa shape index (κ3) is 2.68. The number of likely N-dealkylation sites (N-methyl/N-ethyl adjacent to an activating group) is 1. The van der Waals surface area contributed by atoms with Crippen LogP contribution >= 0.6 is 11.6 Å². The molecule has 1 aromatic carbocycles. The second-order valence-electron chi connectivity index (χ2n) is 3.91. The highest BCUT2D eigenvalue weighted by atomic mass is 35.5. The van der Waals surface area contributed by atoms with Crippen molar-refractivity contribution in [3.8, 4) is 11.5 Å². The number of aliphatic carboxylic acids is 1. The molecule has 100 valence electrons. The lowest BCUT2D eigenvalue weighted by Gasteiger charge is -2.22. The minimum atomic E-state index is -0.978. The van der Waals surface area contributed by atoms with Crippen molar-refractivity contribution in [1.29, 1.82) is 0 Å². The molecule has 0 aromatic heterocycles. The summed E-state index contributed by atoms with van der Waals surface area (Å²) in [6.45, 7) is 0. The van der Waals surface area contributed by atoms with Crippen molar-refractivity contribution < 1.29 is 19.4 Å². The molecule has 0 aliphatic heterocycles. The van der Waals surface area contributed by atoms with Crippen molar-refractivity contribution in [2.24, 2.45) is 0 Å². The lowest BCUT2D eigenvalue weighted by molar-refractivity contribution is -0.142. The molecule has 18 heavy (non-hydrogen) atoms. The van der Waals surface area contributed by atoms with E-state index >= 15 is 0 Å². The summed E-state index contributed by atoms with van der Waals surface area (Å²) in [7, 11) is 6.30. The van der Waals surface area contributed by atoms with E-state index in [9.17, 15) is 9.90 Å². The first-order valence-corrected chi connectivity index (χ1v) is 5.61. The van der Waals surface area contributed by atoms with Gasteiger partial charge in [-0.15, -0.1) is 0 Å². The Bertz CT molecular complexity index is 448. The fourth-order valence-corrected chi connectivity index (χ4v) is 2.08. The summed E-state index contributed by atoms with van der Waals surface area (Å²) in [5.74, 6) is -0.173. The first-order chi connectivity index (χ1) is 8.43. The number of carboxylic acid groups (broad SMARTS) is 1. The summed E-state index contributed by atoms with van der Waals surface area (Å²) in [4.78, 5) is 12.8. The summed E-state index contributed by atoms with van der Waals surface area (Å²) >= 11 is 6.18. The lowest BCUT2D eigenvalue weighted by Crippen LogP contribution is -2.27. The van der Waals surface area contributed by atoms with Crippen molar-refractivity contribution in [3.63, 3.8) is 0 Å². The van der Waals surface area contributed by atoms with Crippen LogP contribution in [0.25, 0.3) is 0 Å². The van der Waals surface area contributed by atoms with E-state index in [1.165, 1.54) is 14.2 Å². The molecule has 0 aliphatic carbocycles. The molecule has 1 unspecified atom stereocenters. The van der Waals surface area contributed by atoms with Crippen LogP contribution in [0.1, 0.15) is 11.6 Å². The van der Waals surface area contributed by atoms with Crippen LogP contribution in [0, 0.1) is 0 Å². The van der Waals surface area contributed by atoms with E-state index in [-0.39, 0.29) is 5.02 Å². The van der Waals surface area contributed by atoms with Crippen LogP contribution in [0.5, 0.6) is 11.5 Å². The lowest BCUT2D eigenvalue weighted by atomic mass is 10.1. The molecule has 1 N–H and O–H groups in total. The standard InChI is InChI=1S/C12H16ClNO4/c1-14(2)10(12(15)16)7-5-6-8(17-3)11(18-4)9(7)13/h5-6,10H,1-4H3,(H,15,16). The Hall–Kier alpha value is -1.46. The molecule has 0 fully saturated rings. The van der Waals surface area contributed by atoms with Crippen LogP contribution in [-0.4, -0.2) is 44.3 Å². The second kappa shape index (κ2) is 5.93. The van der Waals surface area contributed by atoms with E-state index in [1.54, 1.807) is 31.1 Å². The summed E-state index contributed by atoms with van der Waals surface area (Å²) in [6.07, 6.45) is 0. The van der Waals surface area contributed by atoms with E-state index in [2.05, 4.69) is 0 Å². The largest absolute Gasteiger partial charge is 0.493 e. The highest BCUT2D eigenvalue weighted by Gasteiger charge is 2.27. The van der Waals surface area contributed by atoms with Gasteiger partial charge in [-0.2, -0.15) is 0 Å². The average molecular weight is 274 g/mol. The van der Waals surface area contributed by atoms with Crippen molar-refractivity contribution in [2.75, 3.05) is 28.3 Å². The van der Waals surface area contributed by atoms with Crippen molar-refractivity contribution in [2.45, 2.75) is 6.04 Å². The second-order valence-corrected chi connectivity index (χ2v) is 4.29. The van der Waals surface area contributed by atoms with Gasteiger partial charge in [-0.05, 0) is 20.2 Å². The maximum Gasteiger partial charge on any atom is 0.325 e. The van der Waals surface area contributed by atoms with Gasteiger partial charge < -0.3 is 14.6 Å². The Morgan fingerprint density at radius 3 is 2.33 bits per heavy atom. The van der Waals surface area contributed by atoms with E-state index in [0.717, 1.165) is 0 Å². The smallest absolute Gasteiger partial charge is 0.325 e. The Morgan fingerprint density at radius 2 is 1.94 bits per heavy atom. The summed E-state index contributed by atoms with van der Waals surface area (Å²) in [6, 6.07) is 2.43. The number of hydrogen-bond donors (Lipinski definition) is 1. The Morgan fingerprint density at radius 1 is 1.33 bits per heavy atom. The zero-order chi connectivity index (χ0) is 13.9. The van der Waals surface area contributed by atoms with Crippen molar-refractivity contribution in [1.82, 2.24) is 4.90 Å². The molecule has 1 atom stereocenters. The predicted octanol–water partition coefficient (Wildman–Crippen LogP) is 2.04. The molecule has 1 aromatic rings. The molecule has 0 saturated heterocycles. The number of halogens is 1. The molecule has 0 radical (unpaired) electrons. The third-order valence-corrected chi connectivity index (χ3v) is 2.95. The number of ether oxygens (including phenoxy) is 2. The fourth-order valence-electron chi connectivity index (χ4n) is 1.75. The zero-order valence-corrected chi connectivity index (χ0v) is 11.5. The quantitative estimate of drug-likeness (QED) is 0.890. The van der Waals surface area contributed by atoms with Gasteiger partial charge in [0, 0.05) is 5.56 Å². The van der Waals surface area contributed by atoms with Crippen molar-refractivity contribution >= 4 is 17.6 Å². The van der Waals surface area contributed by atoms with Gasteiger partial charge in [0.1, 0.15) is 6.04 Å². The van der Waals surface area contributed by atoms with Crippen LogP contribution in [-0.2, 0) is 4.79 Å². The maximum absolute atomic E-state index is 11.3. The van der Waals surface area contributed by atoms with E-state index < -0.39 is 12.0 Å². The Balaban J connectivity index is 3.37. The van der Waals surface area contributed by atoms with Gasteiger partial charge in [0.15, 0.2) is 11.5 Å². The van der Waals surface area contributed by atoms with Gasteiger partial charge in [0.2, 0.25) is 0 Å². The van der Waals surface area contributed by atoms with Gasteiger partial charge in [0.05, 0.1) is 19.2 Å². The number of rotatable bonds is 5. The van der Waals surface area contributed by atoms with E-state index in [0.29, 0.717) is 17.1 Å². The van der Waals surface area contributed by atoms with Gasteiger partial charge in [-0.25, -0.2) is 0 Å². The average Bonchev–Trinajstić information content (AvgIpc) is 2.30. The van der Waals surface area contributed by atoms with Crippen LogP contribution in [0.15, 0.2) is 12.1 Å². The molecular weight excluding hydrogens is 258 g/mol. The number of carboxylic acids is 1. The summed E-state index contributed by atoms with van der Waals surface area (Å²) < 4.78 is 10.3. The number of hydrogen-bond acceptors (Lipinski definition) is 4. The monoisotopic (exact) mass is 273 g/mol. The van der Waals surface area contributed by atoms with Crippen LogP contribution in [0.3, 0.4) is 0 Å². The number of carbonyl (C=O) groups is 1. The first kappa shape index (κ1) is 14.6. The van der Waals surface area contributed by atoms with Crippen LogP contribution in [0.2, 0.25) is 5.02 Å². The van der Waals surface area contributed by atoms with E-state index in [4.69, 9.17) is 21.1 Å². The highest BCUT2D eigenvalue weighted by molar-refractivity contribution is 6.33. The normalized spacial score (nSPS) is 12.3. The molecule has 0 aliphatic rings. The zero-order valence-electron chi connectivity index (χ0n) is 10.7. The van der Waals surface area contributed by atoms with E-state index in [1.807, 2.05) is 0 Å². The molecular formula is C12H16ClNO4. The molecule has 1 rings (SSSR count). The Kier molecular flexibility index (Phi) is 4.81. The molecule has 0 spiro atoms. The molecule has 0 amide bonds. The van der Waals surface area contributed by atoms with Gasteiger partial charge in [-0.3, -0.25) is 9.69 Å². The molecule has 0 heterocycles. The molecule has 6 heteroatoms. The maximum atomic E-state index is 11.3. The van der Waals surface area contributed by atoms with Gasteiger partial charge >= 0.3 is 5.97 Å². The third-order valence-electron chi connectivity index (χ3n) is 2.56. The van der Waals surface area contributed by atoms with Crippen LogP contribution < -0.4 is 9.47 Å². The number of methoxy groups -OCH3 is 2. The Labute approximate surface area is 111 Å². The number of nitrogens with zero attached hydrogens (tertiary/aromatic N) is 1. The SMILES string of the molecule is COc1ccc(C(C(=O)O)N(C)C)c(Cl)c1OC. The minimum Gasteiger partial charge on any atom is -0.493 e. The first-order valence-electron chi connectivity index (χ1n) is 5.23. The van der Waals surface area contributed by atoms with Crippen LogP contribution in [0.4, 0.5) is 0 Å². The summed E-state index contributed by atoms with van der Waals surface area (Å²) in [5.41, 5.74) is 0.465. The minimum absolute atomic E-state index is 0.248. The molecule has 5 nitrogen and oxygen atoms in total. The highest BCUT2D eigenvalue weighted by Crippen LogP contribution is 2.40. The topological polar surface area (TPSA) is 59.0 Å². The molecule has 0 bridgehead atoms. The van der Waals surface area contributed by atoms with Gasteiger partial charge in [-0.1, -0.05) is 17.7 Å². The fraction of sp³-hybridized carbons (Fsp3) is 0.417. The predicted molar refractivity (Wildman–Crippen MR) is 68.6 cm³/mol. The summed E-state index contributed by atoms with van der Waals surface area (Å²) in [5, 5.41) is 9.49. The van der Waals surface area contributed by atoms with Crippen molar-refractivity contribution in [3.05, 3.63) is 22.7 Å². The van der Waals surface area contributed by atoms with Gasteiger partial charge in [0.25, 0.3) is 0 Å².